The van der Waals surface area contributed by atoms with Crippen molar-refractivity contribution in [2.24, 2.45) is 0 Å². The van der Waals surface area contributed by atoms with Crippen LogP contribution in [0.25, 0.3) is 44.4 Å². The third kappa shape index (κ3) is 6.75. The van der Waals surface area contributed by atoms with Gasteiger partial charge in [0.05, 0.1) is 5.69 Å². The molecule has 0 bridgehead atoms. The van der Waals surface area contributed by atoms with Crippen molar-refractivity contribution in [3.05, 3.63) is 131 Å². The largest absolute Gasteiger partial charge is 2.00 e. The average molecular weight is 779 g/mol. The molecule has 268 valence electrons. The minimum absolute atomic E-state index is 0. The van der Waals surface area contributed by atoms with Crippen LogP contribution in [0.4, 0.5) is 0 Å². The molecule has 52 heavy (non-hydrogen) atoms. The molecule has 4 aromatic carbocycles. The van der Waals surface area contributed by atoms with E-state index in [4.69, 9.17) is 14.8 Å². The fourth-order valence-corrected chi connectivity index (χ4v) is 7.30. The van der Waals surface area contributed by atoms with E-state index in [0.717, 1.165) is 56.7 Å². The minimum atomic E-state index is -0.133. The predicted molar refractivity (Wildman–Crippen MR) is 211 cm³/mol. The number of aryl methyl sites for hydroxylation is 2. The van der Waals surface area contributed by atoms with E-state index in [0.29, 0.717) is 23.3 Å². The van der Waals surface area contributed by atoms with Crippen LogP contribution in [0, 0.1) is 26.0 Å². The van der Waals surface area contributed by atoms with Gasteiger partial charge in [-0.1, -0.05) is 97.3 Å². The molecule has 0 saturated carbocycles. The van der Waals surface area contributed by atoms with Gasteiger partial charge in [-0.25, -0.2) is 4.98 Å². The fraction of sp³-hybridized carbons (Fsp3) is 0.304. The van der Waals surface area contributed by atoms with Gasteiger partial charge in [-0.2, -0.15) is 11.2 Å². The first-order chi connectivity index (χ1) is 24.3. The van der Waals surface area contributed by atoms with Crippen molar-refractivity contribution in [3.8, 4) is 34.1 Å². The number of hydrogen-bond acceptors (Lipinski definition) is 3. The molecule has 7 aromatic rings. The van der Waals surface area contributed by atoms with Crippen molar-refractivity contribution in [1.29, 1.82) is 0 Å². The molecule has 0 aliphatic carbocycles. The van der Waals surface area contributed by atoms with E-state index < -0.39 is 0 Å². The van der Waals surface area contributed by atoms with Crippen LogP contribution in [-0.2, 0) is 32.3 Å². The Morgan fingerprint density at radius 3 is 2.15 bits per heavy atom. The summed E-state index contributed by atoms with van der Waals surface area (Å²) in [6.07, 6.45) is 2.83. The summed E-state index contributed by atoms with van der Waals surface area (Å²) < 4.78 is 10.9. The smallest absolute Gasteiger partial charge is 0.509 e. The van der Waals surface area contributed by atoms with Crippen LogP contribution in [0.15, 0.2) is 85.1 Å². The topological polar surface area (TPSA) is 44.9 Å². The summed E-state index contributed by atoms with van der Waals surface area (Å²) in [6.45, 7) is 22.2. The monoisotopic (exact) mass is 778 g/mol. The molecule has 6 heteroatoms. The van der Waals surface area contributed by atoms with E-state index in [-0.39, 0.29) is 25.8 Å². The van der Waals surface area contributed by atoms with Gasteiger partial charge in [-0.15, -0.1) is 41.3 Å². The van der Waals surface area contributed by atoms with Crippen LogP contribution in [0.3, 0.4) is 0 Å². The Balaban J connectivity index is 0.00000464. The first-order valence-corrected chi connectivity index (χ1v) is 18.2. The number of benzene rings is 4. The first kappa shape index (κ1) is 37.3. The van der Waals surface area contributed by atoms with E-state index in [9.17, 15) is 0 Å². The van der Waals surface area contributed by atoms with Crippen molar-refractivity contribution in [3.63, 3.8) is 0 Å². The molecule has 5 nitrogen and oxygen atoms in total. The quantitative estimate of drug-likeness (QED) is 0.114. The fourth-order valence-electron chi connectivity index (χ4n) is 7.30. The maximum atomic E-state index is 6.69. The zero-order chi connectivity index (χ0) is 36.2. The molecule has 0 unspecified atom stereocenters. The Kier molecular flexibility index (Phi) is 10.4. The third-order valence-corrected chi connectivity index (χ3v) is 10.1. The van der Waals surface area contributed by atoms with Crippen LogP contribution in [-0.4, -0.2) is 19.3 Å². The van der Waals surface area contributed by atoms with Crippen LogP contribution < -0.4 is 4.74 Å². The van der Waals surface area contributed by atoms with E-state index >= 15 is 0 Å². The molecule has 0 fully saturated rings. The number of para-hydroxylation sites is 1. The second-order valence-corrected chi connectivity index (χ2v) is 15.4. The number of rotatable bonds is 8. The van der Waals surface area contributed by atoms with Crippen LogP contribution in [0.2, 0.25) is 0 Å². The normalized spacial score (nSPS) is 11.9. The average Bonchev–Trinajstić information content (AvgIpc) is 3.59. The number of ether oxygens (including phenoxy) is 1. The standard InChI is InChI=1S/C46H48N4O.Pd/c1-11-32-21-22-47-43(23-32)49-41-18-13-12-15-39(41)40-20-19-35(27-42(40)49)51-36-25-33(46(8,9)10)24-34(26-36)50-31(7)44(30(6)48-50)45-37(28(2)3)16-14-17-38(45)29(4)5;/h12-25,28-29H,11H2,1-10H3;/q-2;+2. The second kappa shape index (κ2) is 14.5. The van der Waals surface area contributed by atoms with Gasteiger partial charge in [0.2, 0.25) is 0 Å². The number of fused-ring (bicyclic) bond motifs is 3. The zero-order valence-corrected chi connectivity index (χ0v) is 33.5. The summed E-state index contributed by atoms with van der Waals surface area (Å²) in [5.74, 6) is 2.89. The van der Waals surface area contributed by atoms with E-state index in [1.165, 1.54) is 27.8 Å². The Morgan fingerprint density at radius 2 is 1.48 bits per heavy atom. The molecule has 0 atom stereocenters. The van der Waals surface area contributed by atoms with E-state index in [2.05, 4.69) is 159 Å². The van der Waals surface area contributed by atoms with Gasteiger partial charge in [0, 0.05) is 34.5 Å². The van der Waals surface area contributed by atoms with Crippen molar-refractivity contribution >= 4 is 21.8 Å². The molecule has 0 spiro atoms. The molecule has 3 aromatic heterocycles. The summed E-state index contributed by atoms with van der Waals surface area (Å²) in [4.78, 5) is 4.78. The second-order valence-electron chi connectivity index (χ2n) is 15.4. The number of nitrogens with zero attached hydrogens (tertiary/aromatic N) is 4. The number of aromatic nitrogens is 4. The third-order valence-electron chi connectivity index (χ3n) is 10.1. The maximum Gasteiger partial charge on any atom is 2.00 e. The van der Waals surface area contributed by atoms with Crippen LogP contribution in [0.1, 0.15) is 101 Å². The zero-order valence-electron chi connectivity index (χ0n) is 32.0. The van der Waals surface area contributed by atoms with Gasteiger partial charge in [0.15, 0.2) is 0 Å². The Hall–Kier alpha value is -4.50. The Morgan fingerprint density at radius 1 is 0.769 bits per heavy atom. The van der Waals surface area contributed by atoms with Gasteiger partial charge >= 0.3 is 20.4 Å². The predicted octanol–water partition coefficient (Wildman–Crippen LogP) is 12.1. The number of hydrogen-bond donors (Lipinski definition) is 0. The first-order valence-electron chi connectivity index (χ1n) is 18.2. The molecular formula is C46H48N4OPd. The van der Waals surface area contributed by atoms with Gasteiger partial charge in [-0.3, -0.25) is 4.68 Å². The van der Waals surface area contributed by atoms with Crippen LogP contribution in [0.5, 0.6) is 11.5 Å². The maximum absolute atomic E-state index is 6.69. The molecule has 3 heterocycles. The Bertz CT molecular complexity index is 2380. The molecule has 0 N–H and O–H groups in total. The molecule has 7 rings (SSSR count). The molecule has 0 aliphatic rings. The van der Waals surface area contributed by atoms with Gasteiger partial charge in [0.1, 0.15) is 5.82 Å². The van der Waals surface area contributed by atoms with Crippen molar-refractivity contribution in [2.75, 3.05) is 0 Å². The summed E-state index contributed by atoms with van der Waals surface area (Å²) in [6, 6.07) is 35.1. The van der Waals surface area contributed by atoms with E-state index in [1.54, 1.807) is 0 Å². The molecule has 0 amide bonds. The molecule has 0 saturated heterocycles. The Labute approximate surface area is 322 Å². The van der Waals surface area contributed by atoms with Gasteiger partial charge in [-0.05, 0) is 89.0 Å². The summed E-state index contributed by atoms with van der Waals surface area (Å²) in [7, 11) is 0. The van der Waals surface area contributed by atoms with Crippen molar-refractivity contribution < 1.29 is 25.2 Å². The van der Waals surface area contributed by atoms with Crippen molar-refractivity contribution in [2.45, 2.75) is 92.9 Å². The molecule has 0 radical (unpaired) electrons. The summed E-state index contributed by atoms with van der Waals surface area (Å²) >= 11 is 0. The molecule has 0 aliphatic heterocycles. The summed E-state index contributed by atoms with van der Waals surface area (Å²) in [5, 5.41) is 7.42. The number of pyridine rings is 1. The molecular weight excluding hydrogens is 731 g/mol. The summed E-state index contributed by atoms with van der Waals surface area (Å²) in [5.41, 5.74) is 12.4. The van der Waals surface area contributed by atoms with Gasteiger partial charge < -0.3 is 9.30 Å². The van der Waals surface area contributed by atoms with Crippen molar-refractivity contribution in [1.82, 2.24) is 19.3 Å². The minimum Gasteiger partial charge on any atom is -0.509 e. The SMILES string of the molecule is CCc1ccnc(-n2c3[c-]c(Oc4[c-]c(-n5nc(C)c(-c6c(C(C)C)cccc6C(C)C)c5C)cc(C(C)(C)C)c4)ccc3c3ccccc32)c1.[Pd+2]. The van der Waals surface area contributed by atoms with E-state index in [1.807, 2.05) is 16.9 Å². The van der Waals surface area contributed by atoms with Gasteiger partial charge in [0.25, 0.3) is 0 Å². The van der Waals surface area contributed by atoms with Crippen LogP contribution >= 0.6 is 0 Å².